The van der Waals surface area contributed by atoms with Gasteiger partial charge in [0, 0.05) is 36.6 Å². The molecule has 1 atom stereocenters. The number of H-pyrrole nitrogens is 1. The third kappa shape index (κ3) is 3.13. The molecule has 0 aliphatic carbocycles. The number of aromatic amines is 1. The van der Waals surface area contributed by atoms with E-state index >= 15 is 0 Å². The summed E-state index contributed by atoms with van der Waals surface area (Å²) >= 11 is 0. The lowest BCUT2D eigenvalue weighted by Crippen LogP contribution is -2.36. The van der Waals surface area contributed by atoms with Crippen molar-refractivity contribution in [1.29, 1.82) is 0 Å². The number of fused-ring (bicyclic) bond motifs is 2. The molecule has 0 radical (unpaired) electrons. The molecule has 5 aromatic heterocycles. The molecule has 0 amide bonds. The Labute approximate surface area is 183 Å². The van der Waals surface area contributed by atoms with E-state index in [1.165, 1.54) is 28.9 Å². The van der Waals surface area contributed by atoms with E-state index < -0.39 is 18.4 Å². The molecule has 1 aliphatic rings. The molecule has 0 spiro atoms. The van der Waals surface area contributed by atoms with Crippen molar-refractivity contribution in [3.8, 4) is 11.5 Å². The molecule has 6 rings (SSSR count). The Morgan fingerprint density at radius 3 is 2.91 bits per heavy atom. The van der Waals surface area contributed by atoms with Gasteiger partial charge < -0.3 is 14.3 Å². The zero-order valence-electron chi connectivity index (χ0n) is 16.9. The molecule has 12 heteroatoms. The minimum Gasteiger partial charge on any atom is -0.403 e. The topological polar surface area (TPSA) is 101 Å². The van der Waals surface area contributed by atoms with Crippen LogP contribution in [0.3, 0.4) is 0 Å². The highest BCUT2D eigenvalue weighted by atomic mass is 19.3. The van der Waals surface area contributed by atoms with Crippen molar-refractivity contribution in [2.24, 2.45) is 0 Å². The van der Waals surface area contributed by atoms with Crippen LogP contribution >= 0.6 is 0 Å². The standard InChI is InChI=1S/C21H15F3N8O/c22-18(23)11-4-2-7-32-15(11)9-14(30-32)17-16-13(26-10-27-16)5-8-31(17)21-29-28-20(33-21)12-3-1-6-25-19(12)24/h1-4,6-7,9-10,17-18H,5,8H2,(H,26,27). The van der Waals surface area contributed by atoms with Crippen LogP contribution in [0.1, 0.15) is 35.1 Å². The SMILES string of the molecule is Fc1ncccc1-c1nnc(N2CCc3[nH]cnc3C2c2cc3c(C(F)F)cccn3n2)o1. The molecule has 0 fully saturated rings. The highest BCUT2D eigenvalue weighted by molar-refractivity contribution is 5.58. The second-order valence-corrected chi connectivity index (χ2v) is 7.51. The van der Waals surface area contributed by atoms with Crippen LogP contribution in [0.2, 0.25) is 0 Å². The van der Waals surface area contributed by atoms with Gasteiger partial charge in [0.1, 0.15) is 6.04 Å². The predicted molar refractivity (Wildman–Crippen MR) is 109 cm³/mol. The van der Waals surface area contributed by atoms with E-state index in [0.29, 0.717) is 29.9 Å². The van der Waals surface area contributed by atoms with Crippen molar-refractivity contribution in [2.45, 2.75) is 18.9 Å². The van der Waals surface area contributed by atoms with Crippen molar-refractivity contribution in [3.05, 3.63) is 77.6 Å². The van der Waals surface area contributed by atoms with Crippen LogP contribution in [0.4, 0.5) is 19.2 Å². The van der Waals surface area contributed by atoms with Crippen LogP contribution < -0.4 is 4.90 Å². The number of imidazole rings is 1. The summed E-state index contributed by atoms with van der Waals surface area (Å²) < 4.78 is 48.4. The number of nitrogens with zero attached hydrogens (tertiary/aromatic N) is 7. The Kier molecular flexibility index (Phi) is 4.38. The van der Waals surface area contributed by atoms with Gasteiger partial charge in [-0.3, -0.25) is 0 Å². The van der Waals surface area contributed by atoms with Crippen LogP contribution in [0.5, 0.6) is 0 Å². The maximum Gasteiger partial charge on any atom is 0.319 e. The second-order valence-electron chi connectivity index (χ2n) is 7.51. The average Bonchev–Trinajstić information content (AvgIpc) is 3.56. The van der Waals surface area contributed by atoms with Gasteiger partial charge in [-0.1, -0.05) is 5.10 Å². The number of anilines is 1. The Balaban J connectivity index is 1.46. The van der Waals surface area contributed by atoms with Crippen molar-refractivity contribution < 1.29 is 17.6 Å². The Bertz CT molecular complexity index is 1460. The van der Waals surface area contributed by atoms with Crippen molar-refractivity contribution in [1.82, 2.24) is 34.8 Å². The van der Waals surface area contributed by atoms with E-state index in [2.05, 4.69) is 30.2 Å². The minimum atomic E-state index is -2.64. The molecule has 0 saturated carbocycles. The number of aromatic nitrogens is 7. The number of rotatable bonds is 4. The monoisotopic (exact) mass is 452 g/mol. The minimum absolute atomic E-state index is 0.0165. The Morgan fingerprint density at radius 2 is 2.06 bits per heavy atom. The summed E-state index contributed by atoms with van der Waals surface area (Å²) in [5.74, 6) is -0.741. The third-order valence-electron chi connectivity index (χ3n) is 5.64. The third-order valence-corrected chi connectivity index (χ3v) is 5.64. The van der Waals surface area contributed by atoms with Crippen LogP contribution in [0, 0.1) is 5.95 Å². The first-order valence-electron chi connectivity index (χ1n) is 10.1. The summed E-state index contributed by atoms with van der Waals surface area (Å²) in [4.78, 5) is 13.0. The number of hydrogen-bond acceptors (Lipinski definition) is 7. The van der Waals surface area contributed by atoms with Gasteiger partial charge >= 0.3 is 6.01 Å². The number of hydrogen-bond donors (Lipinski definition) is 1. The number of nitrogens with one attached hydrogen (secondary N) is 1. The normalized spacial score (nSPS) is 16.0. The first-order valence-corrected chi connectivity index (χ1v) is 10.1. The summed E-state index contributed by atoms with van der Waals surface area (Å²) in [7, 11) is 0. The molecule has 0 aromatic carbocycles. The van der Waals surface area contributed by atoms with E-state index in [1.807, 2.05) is 0 Å². The summed E-state index contributed by atoms with van der Waals surface area (Å²) in [6, 6.07) is 7.14. The molecular weight excluding hydrogens is 437 g/mol. The highest BCUT2D eigenvalue weighted by Gasteiger charge is 2.36. The van der Waals surface area contributed by atoms with Crippen LogP contribution in [-0.2, 0) is 6.42 Å². The lowest BCUT2D eigenvalue weighted by molar-refractivity contribution is 0.152. The lowest BCUT2D eigenvalue weighted by Gasteiger charge is -2.32. The first kappa shape index (κ1) is 19.5. The van der Waals surface area contributed by atoms with E-state index in [4.69, 9.17) is 4.42 Å². The van der Waals surface area contributed by atoms with Gasteiger partial charge in [-0.2, -0.15) is 9.49 Å². The zero-order chi connectivity index (χ0) is 22.5. The van der Waals surface area contributed by atoms with Gasteiger partial charge in [-0.15, -0.1) is 5.10 Å². The van der Waals surface area contributed by atoms with E-state index in [9.17, 15) is 13.2 Å². The molecule has 5 aromatic rings. The van der Waals surface area contributed by atoms with Gasteiger partial charge in [0.15, 0.2) is 0 Å². The number of pyridine rings is 2. The van der Waals surface area contributed by atoms with Crippen LogP contribution in [-0.4, -0.2) is 41.3 Å². The fourth-order valence-electron chi connectivity index (χ4n) is 4.14. The molecule has 6 heterocycles. The zero-order valence-corrected chi connectivity index (χ0v) is 16.9. The molecule has 0 saturated heterocycles. The van der Waals surface area contributed by atoms with Gasteiger partial charge in [0.25, 0.3) is 12.3 Å². The molecule has 1 aliphatic heterocycles. The van der Waals surface area contributed by atoms with Gasteiger partial charge in [0.2, 0.25) is 5.95 Å². The van der Waals surface area contributed by atoms with Gasteiger partial charge in [-0.25, -0.2) is 23.3 Å². The average molecular weight is 452 g/mol. The van der Waals surface area contributed by atoms with Gasteiger partial charge in [-0.05, 0) is 30.3 Å². The van der Waals surface area contributed by atoms with Crippen LogP contribution in [0.15, 0.2) is 53.5 Å². The summed E-state index contributed by atoms with van der Waals surface area (Å²) in [6.45, 7) is 0.465. The van der Waals surface area contributed by atoms with E-state index in [1.54, 1.807) is 29.6 Å². The maximum atomic E-state index is 14.1. The van der Waals surface area contributed by atoms with E-state index in [0.717, 1.165) is 5.69 Å². The maximum absolute atomic E-state index is 14.1. The molecule has 1 unspecified atom stereocenters. The molecule has 0 bridgehead atoms. The fourth-order valence-corrected chi connectivity index (χ4v) is 4.14. The van der Waals surface area contributed by atoms with Gasteiger partial charge in [0.05, 0.1) is 28.8 Å². The fraction of sp³-hybridized carbons (Fsp3) is 0.190. The summed E-state index contributed by atoms with van der Waals surface area (Å²) in [5, 5.41) is 12.6. The second kappa shape index (κ2) is 7.43. The van der Waals surface area contributed by atoms with Crippen molar-refractivity contribution in [2.75, 3.05) is 11.4 Å². The largest absolute Gasteiger partial charge is 0.403 e. The molecule has 166 valence electrons. The summed E-state index contributed by atoms with van der Waals surface area (Å²) in [5.41, 5.74) is 2.33. The predicted octanol–water partition coefficient (Wildman–Crippen LogP) is 3.73. The first-order chi connectivity index (χ1) is 16.1. The Morgan fingerprint density at radius 1 is 1.15 bits per heavy atom. The molecule has 9 nitrogen and oxygen atoms in total. The number of halogens is 3. The van der Waals surface area contributed by atoms with Crippen molar-refractivity contribution in [3.63, 3.8) is 0 Å². The highest BCUT2D eigenvalue weighted by Crippen LogP contribution is 2.38. The van der Waals surface area contributed by atoms with Crippen LogP contribution in [0.25, 0.3) is 17.0 Å². The smallest absolute Gasteiger partial charge is 0.319 e. The molecular formula is C21H15F3N8O. The lowest BCUT2D eigenvalue weighted by atomic mass is 10.00. The number of alkyl halides is 2. The quantitative estimate of drug-likeness (QED) is 0.415. The van der Waals surface area contributed by atoms with E-state index in [-0.39, 0.29) is 23.0 Å². The molecule has 1 N–H and O–H groups in total. The molecule has 33 heavy (non-hydrogen) atoms. The Hall–Kier alpha value is -4.22. The summed E-state index contributed by atoms with van der Waals surface area (Å²) in [6.07, 6.45) is 2.48. The van der Waals surface area contributed by atoms with Crippen molar-refractivity contribution >= 4 is 11.5 Å².